The number of guanidine groups is 1. The van der Waals surface area contributed by atoms with Gasteiger partial charge in [-0.05, 0) is 23.3 Å². The first kappa shape index (κ1) is 21.2. The van der Waals surface area contributed by atoms with Crippen molar-refractivity contribution in [2.24, 2.45) is 4.99 Å². The van der Waals surface area contributed by atoms with Crippen LogP contribution in [-0.2, 0) is 17.9 Å². The number of nitrogens with zero attached hydrogens (tertiary/aromatic N) is 3. The standard InChI is InChI=1S/C21H27FN4O2/c1-25(2)20(27)14-24-21(23-13-16-8-6-5-7-9-16)26(3)15-17-10-11-19(28-4)18(22)12-17/h5-12H,13-15H2,1-4H3,(H,23,24). The molecule has 0 saturated carbocycles. The highest BCUT2D eigenvalue weighted by molar-refractivity contribution is 5.86. The molecule has 0 atom stereocenters. The van der Waals surface area contributed by atoms with E-state index >= 15 is 0 Å². The highest BCUT2D eigenvalue weighted by Gasteiger charge is 2.12. The van der Waals surface area contributed by atoms with E-state index in [1.807, 2.05) is 42.3 Å². The lowest BCUT2D eigenvalue weighted by atomic mass is 10.2. The van der Waals surface area contributed by atoms with Crippen molar-refractivity contribution in [1.29, 1.82) is 0 Å². The van der Waals surface area contributed by atoms with Crippen LogP contribution in [0.4, 0.5) is 4.39 Å². The third-order valence-corrected chi connectivity index (χ3v) is 4.15. The second kappa shape index (κ2) is 10.3. The van der Waals surface area contributed by atoms with Crippen molar-refractivity contribution < 1.29 is 13.9 Å². The molecule has 1 amide bonds. The molecule has 2 aromatic rings. The summed E-state index contributed by atoms with van der Waals surface area (Å²) in [7, 11) is 6.69. The van der Waals surface area contributed by atoms with E-state index < -0.39 is 5.82 Å². The fraction of sp³-hybridized carbons (Fsp3) is 0.333. The molecule has 0 aliphatic carbocycles. The predicted octanol–water partition coefficient (Wildman–Crippen LogP) is 2.50. The quantitative estimate of drug-likeness (QED) is 0.587. The average Bonchev–Trinajstić information content (AvgIpc) is 2.68. The van der Waals surface area contributed by atoms with E-state index in [2.05, 4.69) is 10.3 Å². The minimum Gasteiger partial charge on any atom is -0.494 e. The van der Waals surface area contributed by atoms with Crippen molar-refractivity contribution in [3.63, 3.8) is 0 Å². The molecule has 0 unspecified atom stereocenters. The summed E-state index contributed by atoms with van der Waals surface area (Å²) in [6.07, 6.45) is 0. The third kappa shape index (κ3) is 6.26. The van der Waals surface area contributed by atoms with Crippen LogP contribution in [0.3, 0.4) is 0 Å². The lowest BCUT2D eigenvalue weighted by Crippen LogP contribution is -2.43. The Hall–Kier alpha value is -3.09. The number of rotatable bonds is 7. The molecule has 0 bridgehead atoms. The van der Waals surface area contributed by atoms with Gasteiger partial charge in [0.1, 0.15) is 0 Å². The smallest absolute Gasteiger partial charge is 0.241 e. The van der Waals surface area contributed by atoms with Gasteiger partial charge in [-0.25, -0.2) is 9.38 Å². The minimum atomic E-state index is -0.410. The number of benzene rings is 2. The van der Waals surface area contributed by atoms with Gasteiger partial charge in [0.15, 0.2) is 17.5 Å². The van der Waals surface area contributed by atoms with Crippen LogP contribution in [0.1, 0.15) is 11.1 Å². The maximum absolute atomic E-state index is 14.0. The maximum atomic E-state index is 14.0. The number of carbonyl (C=O) groups excluding carboxylic acids is 1. The first-order chi connectivity index (χ1) is 13.4. The first-order valence-electron chi connectivity index (χ1n) is 8.96. The molecule has 0 aromatic heterocycles. The maximum Gasteiger partial charge on any atom is 0.241 e. The molecule has 2 aromatic carbocycles. The van der Waals surface area contributed by atoms with Crippen LogP contribution in [0, 0.1) is 5.82 Å². The van der Waals surface area contributed by atoms with Gasteiger partial charge in [0.2, 0.25) is 5.91 Å². The van der Waals surface area contributed by atoms with Crippen molar-refractivity contribution in [2.45, 2.75) is 13.1 Å². The van der Waals surface area contributed by atoms with Crippen LogP contribution < -0.4 is 10.1 Å². The second-order valence-electron chi connectivity index (χ2n) is 6.59. The fourth-order valence-electron chi connectivity index (χ4n) is 2.53. The van der Waals surface area contributed by atoms with Crippen LogP contribution in [0.15, 0.2) is 53.5 Å². The molecule has 0 radical (unpaired) electrons. The molecule has 2 rings (SSSR count). The lowest BCUT2D eigenvalue weighted by Gasteiger charge is -2.23. The number of hydrogen-bond donors (Lipinski definition) is 1. The highest BCUT2D eigenvalue weighted by atomic mass is 19.1. The summed E-state index contributed by atoms with van der Waals surface area (Å²) >= 11 is 0. The van der Waals surface area contributed by atoms with Gasteiger partial charge in [-0.3, -0.25) is 4.79 Å². The van der Waals surface area contributed by atoms with Gasteiger partial charge in [-0.15, -0.1) is 0 Å². The van der Waals surface area contributed by atoms with Gasteiger partial charge in [0.25, 0.3) is 0 Å². The number of methoxy groups -OCH3 is 1. The van der Waals surface area contributed by atoms with Gasteiger partial charge < -0.3 is 19.9 Å². The molecule has 0 heterocycles. The van der Waals surface area contributed by atoms with Gasteiger partial charge in [0.05, 0.1) is 20.2 Å². The summed E-state index contributed by atoms with van der Waals surface area (Å²) in [6, 6.07) is 14.7. The predicted molar refractivity (Wildman–Crippen MR) is 109 cm³/mol. The number of nitrogens with one attached hydrogen (secondary N) is 1. The second-order valence-corrected chi connectivity index (χ2v) is 6.59. The van der Waals surface area contributed by atoms with Crippen LogP contribution >= 0.6 is 0 Å². The van der Waals surface area contributed by atoms with Crippen molar-refractivity contribution in [3.8, 4) is 5.75 Å². The van der Waals surface area contributed by atoms with E-state index in [0.717, 1.165) is 11.1 Å². The summed E-state index contributed by atoms with van der Waals surface area (Å²) in [5.74, 6) is 0.303. The van der Waals surface area contributed by atoms with E-state index in [4.69, 9.17) is 4.74 Å². The molecule has 7 heteroatoms. The van der Waals surface area contributed by atoms with Gasteiger partial charge >= 0.3 is 0 Å². The molecular weight excluding hydrogens is 359 g/mol. The number of likely N-dealkylation sites (N-methyl/N-ethyl adjacent to an activating group) is 1. The molecule has 0 fully saturated rings. The fourth-order valence-corrected chi connectivity index (χ4v) is 2.53. The number of hydrogen-bond acceptors (Lipinski definition) is 3. The molecule has 0 saturated heterocycles. The van der Waals surface area contributed by atoms with Crippen LogP contribution in [0.2, 0.25) is 0 Å². The summed E-state index contributed by atoms with van der Waals surface area (Å²) < 4.78 is 18.9. The number of aliphatic imine (C=N–C) groups is 1. The summed E-state index contributed by atoms with van der Waals surface area (Å²) in [5.41, 5.74) is 1.83. The molecule has 28 heavy (non-hydrogen) atoms. The molecule has 1 N–H and O–H groups in total. The van der Waals surface area contributed by atoms with Gasteiger partial charge in [-0.2, -0.15) is 0 Å². The first-order valence-corrected chi connectivity index (χ1v) is 8.96. The SMILES string of the molecule is COc1ccc(CN(C)C(=NCc2ccccc2)NCC(=O)N(C)C)cc1F. The van der Waals surface area contributed by atoms with Crippen molar-refractivity contribution in [2.75, 3.05) is 34.8 Å². The van der Waals surface area contributed by atoms with Crippen molar-refractivity contribution in [1.82, 2.24) is 15.1 Å². The lowest BCUT2D eigenvalue weighted by molar-refractivity contribution is -0.127. The average molecular weight is 386 g/mol. The summed E-state index contributed by atoms with van der Waals surface area (Å²) in [5, 5.41) is 3.09. The molecule has 150 valence electrons. The van der Waals surface area contributed by atoms with Crippen molar-refractivity contribution >= 4 is 11.9 Å². The van der Waals surface area contributed by atoms with Crippen LogP contribution in [0.5, 0.6) is 5.75 Å². The van der Waals surface area contributed by atoms with Crippen LogP contribution in [0.25, 0.3) is 0 Å². The number of halogens is 1. The summed E-state index contributed by atoms with van der Waals surface area (Å²) in [6.45, 7) is 1.03. The molecule has 0 spiro atoms. The Kier molecular flexibility index (Phi) is 7.80. The van der Waals surface area contributed by atoms with E-state index in [-0.39, 0.29) is 18.2 Å². The zero-order valence-electron chi connectivity index (χ0n) is 16.8. The Labute approximate surface area is 165 Å². The monoisotopic (exact) mass is 386 g/mol. The minimum absolute atomic E-state index is 0.0590. The number of ether oxygens (including phenoxy) is 1. The van der Waals surface area contributed by atoms with E-state index in [0.29, 0.717) is 19.0 Å². The van der Waals surface area contributed by atoms with E-state index in [1.165, 1.54) is 18.1 Å². The van der Waals surface area contributed by atoms with E-state index in [9.17, 15) is 9.18 Å². The van der Waals surface area contributed by atoms with Gasteiger partial charge in [0, 0.05) is 27.7 Å². The Morgan fingerprint density at radius 1 is 1.11 bits per heavy atom. The summed E-state index contributed by atoms with van der Waals surface area (Å²) in [4.78, 5) is 19.9. The van der Waals surface area contributed by atoms with Crippen molar-refractivity contribution in [3.05, 3.63) is 65.5 Å². The third-order valence-electron chi connectivity index (χ3n) is 4.15. The molecule has 6 nitrogen and oxygen atoms in total. The van der Waals surface area contributed by atoms with Gasteiger partial charge in [-0.1, -0.05) is 36.4 Å². The number of amides is 1. The molecular formula is C21H27FN4O2. The zero-order chi connectivity index (χ0) is 20.5. The Balaban J connectivity index is 2.13. The Bertz CT molecular complexity index is 809. The topological polar surface area (TPSA) is 57.2 Å². The largest absolute Gasteiger partial charge is 0.494 e. The molecule has 0 aliphatic heterocycles. The number of carbonyl (C=O) groups is 1. The zero-order valence-corrected chi connectivity index (χ0v) is 16.8. The Morgan fingerprint density at radius 3 is 2.43 bits per heavy atom. The molecule has 0 aliphatic rings. The normalized spacial score (nSPS) is 11.1. The Morgan fingerprint density at radius 2 is 1.82 bits per heavy atom. The van der Waals surface area contributed by atoms with E-state index in [1.54, 1.807) is 26.2 Å². The van der Waals surface area contributed by atoms with Crippen LogP contribution in [-0.4, -0.2) is 56.5 Å². The highest BCUT2D eigenvalue weighted by Crippen LogP contribution is 2.18.